The zero-order valence-corrected chi connectivity index (χ0v) is 9.99. The molecule has 0 saturated carbocycles. The first-order valence-corrected chi connectivity index (χ1v) is 5.55. The molecular weight excluding hydrogens is 216 g/mol. The van der Waals surface area contributed by atoms with Crippen molar-refractivity contribution in [3.63, 3.8) is 0 Å². The van der Waals surface area contributed by atoms with Gasteiger partial charge in [0.2, 0.25) is 0 Å². The van der Waals surface area contributed by atoms with Crippen LogP contribution in [-0.2, 0) is 9.53 Å². The number of Topliss-reactive ketones (excluding diaryl/α,β-unsaturated/α-hetero) is 1. The molecule has 0 aromatic heterocycles. The third kappa shape index (κ3) is 3.00. The summed E-state index contributed by atoms with van der Waals surface area (Å²) in [5.74, 6) is 0.0460. The fraction of sp³-hybridized carbons (Fsp3) is 0.308. The van der Waals surface area contributed by atoms with Crippen molar-refractivity contribution in [3.8, 4) is 0 Å². The van der Waals surface area contributed by atoms with E-state index < -0.39 is 5.60 Å². The molecule has 0 atom stereocenters. The van der Waals surface area contributed by atoms with Gasteiger partial charge in [-0.1, -0.05) is 18.2 Å². The minimum absolute atomic E-state index is 0.0460. The van der Waals surface area contributed by atoms with Gasteiger partial charge < -0.3 is 10.2 Å². The van der Waals surface area contributed by atoms with E-state index in [4.69, 9.17) is 4.74 Å². The Kier molecular flexibility index (Phi) is 3.04. The fourth-order valence-corrected chi connectivity index (χ4v) is 1.57. The second-order valence-corrected chi connectivity index (χ2v) is 4.63. The molecule has 0 saturated heterocycles. The summed E-state index contributed by atoms with van der Waals surface area (Å²) in [7, 11) is 0. The predicted molar refractivity (Wildman–Crippen MR) is 66.1 cm³/mol. The third-order valence-corrected chi connectivity index (χ3v) is 2.50. The van der Waals surface area contributed by atoms with Crippen molar-refractivity contribution >= 4 is 11.5 Å². The van der Waals surface area contributed by atoms with Crippen LogP contribution < -0.4 is 10.9 Å². The second kappa shape index (κ2) is 4.49. The van der Waals surface area contributed by atoms with Crippen LogP contribution in [-0.4, -0.2) is 11.4 Å². The van der Waals surface area contributed by atoms with Crippen LogP contribution in [0.2, 0.25) is 0 Å². The number of rotatable bonds is 3. The Labute approximate surface area is 101 Å². The molecule has 0 spiro atoms. The molecule has 0 amide bonds. The Hall–Kier alpha value is -1.97. The Morgan fingerprint density at radius 1 is 1.18 bits per heavy atom. The molecular formula is C13H16N2O2. The van der Waals surface area contributed by atoms with Crippen molar-refractivity contribution < 1.29 is 9.53 Å². The molecule has 2 N–H and O–H groups in total. The lowest BCUT2D eigenvalue weighted by atomic mass is 9.98. The Morgan fingerprint density at radius 2 is 1.88 bits per heavy atom. The number of ketones is 1. The van der Waals surface area contributed by atoms with E-state index in [-0.39, 0.29) is 5.78 Å². The van der Waals surface area contributed by atoms with Crippen molar-refractivity contribution in [1.82, 2.24) is 5.43 Å². The van der Waals surface area contributed by atoms with Crippen LogP contribution in [0.25, 0.3) is 0 Å². The first-order chi connectivity index (χ1) is 8.07. The topological polar surface area (TPSA) is 50.4 Å². The molecule has 1 aliphatic rings. The molecule has 0 bridgehead atoms. The van der Waals surface area contributed by atoms with Crippen LogP contribution in [0.1, 0.15) is 20.3 Å². The Bertz CT molecular complexity index is 438. The average molecular weight is 232 g/mol. The van der Waals surface area contributed by atoms with E-state index >= 15 is 0 Å². The maximum Gasteiger partial charge on any atom is 0.187 e. The monoisotopic (exact) mass is 232 g/mol. The lowest BCUT2D eigenvalue weighted by molar-refractivity contribution is -0.122. The van der Waals surface area contributed by atoms with Gasteiger partial charge in [0, 0.05) is 0 Å². The average Bonchev–Trinajstić information content (AvgIpc) is 2.28. The van der Waals surface area contributed by atoms with Gasteiger partial charge in [0.1, 0.15) is 17.6 Å². The number of hydrogen-bond acceptors (Lipinski definition) is 4. The molecule has 1 heterocycles. The molecule has 0 fully saturated rings. The molecule has 1 aromatic carbocycles. The Morgan fingerprint density at radius 3 is 2.53 bits per heavy atom. The first kappa shape index (κ1) is 11.5. The van der Waals surface area contributed by atoms with E-state index in [0.717, 1.165) is 5.69 Å². The van der Waals surface area contributed by atoms with Crippen molar-refractivity contribution in [1.29, 1.82) is 0 Å². The molecule has 90 valence electrons. The van der Waals surface area contributed by atoms with E-state index in [1.165, 1.54) is 6.26 Å². The highest BCUT2D eigenvalue weighted by atomic mass is 16.5. The van der Waals surface area contributed by atoms with Gasteiger partial charge in [-0.25, -0.2) is 0 Å². The third-order valence-electron chi connectivity index (χ3n) is 2.50. The normalized spacial score (nSPS) is 18.0. The predicted octanol–water partition coefficient (Wildman–Crippen LogP) is 2.21. The van der Waals surface area contributed by atoms with Crippen molar-refractivity contribution in [2.75, 3.05) is 5.43 Å². The number of ether oxygens (including phenoxy) is 1. The summed E-state index contributed by atoms with van der Waals surface area (Å²) in [5.41, 5.74) is 6.75. The number of carbonyl (C=O) groups excluding carboxylic acids is 1. The smallest absolute Gasteiger partial charge is 0.187 e. The van der Waals surface area contributed by atoms with Gasteiger partial charge in [-0.05, 0) is 26.0 Å². The van der Waals surface area contributed by atoms with E-state index in [1.54, 1.807) is 0 Å². The van der Waals surface area contributed by atoms with Gasteiger partial charge in [0.05, 0.1) is 12.1 Å². The van der Waals surface area contributed by atoms with Crippen LogP contribution in [0.3, 0.4) is 0 Å². The van der Waals surface area contributed by atoms with Crippen LogP contribution >= 0.6 is 0 Å². The number of hydrazine groups is 1. The van der Waals surface area contributed by atoms with Gasteiger partial charge >= 0.3 is 0 Å². The van der Waals surface area contributed by atoms with E-state index in [2.05, 4.69) is 10.9 Å². The van der Waals surface area contributed by atoms with Gasteiger partial charge in [-0.2, -0.15) is 0 Å². The first-order valence-electron chi connectivity index (χ1n) is 5.55. The number of hydrogen-bond donors (Lipinski definition) is 2. The maximum absolute atomic E-state index is 11.8. The number of nitrogens with one attached hydrogen (secondary N) is 2. The number of carbonyl (C=O) groups is 1. The molecule has 4 nitrogen and oxygen atoms in total. The van der Waals surface area contributed by atoms with Crippen LogP contribution in [0, 0.1) is 0 Å². The van der Waals surface area contributed by atoms with Gasteiger partial charge in [-0.15, -0.1) is 0 Å². The summed E-state index contributed by atoms with van der Waals surface area (Å²) in [6, 6.07) is 9.58. The summed E-state index contributed by atoms with van der Waals surface area (Å²) in [6.07, 6.45) is 1.85. The molecule has 0 radical (unpaired) electrons. The van der Waals surface area contributed by atoms with Gasteiger partial charge in [0.15, 0.2) is 5.78 Å². The minimum Gasteiger partial charge on any atom is -0.493 e. The van der Waals surface area contributed by atoms with E-state index in [0.29, 0.717) is 12.1 Å². The molecule has 4 heteroatoms. The lowest BCUT2D eigenvalue weighted by Gasteiger charge is -2.29. The maximum atomic E-state index is 11.8. The second-order valence-electron chi connectivity index (χ2n) is 4.63. The molecule has 17 heavy (non-hydrogen) atoms. The number of para-hydroxylation sites is 1. The lowest BCUT2D eigenvalue weighted by Crippen LogP contribution is -2.36. The summed E-state index contributed by atoms with van der Waals surface area (Å²) in [6.45, 7) is 3.78. The van der Waals surface area contributed by atoms with Crippen molar-refractivity contribution in [2.45, 2.75) is 25.9 Å². The molecule has 1 aromatic rings. The molecule has 0 aliphatic carbocycles. The van der Waals surface area contributed by atoms with E-state index in [9.17, 15) is 4.79 Å². The highest BCUT2D eigenvalue weighted by Crippen LogP contribution is 2.22. The fourth-order valence-electron chi connectivity index (χ4n) is 1.57. The van der Waals surface area contributed by atoms with Crippen molar-refractivity contribution in [2.24, 2.45) is 0 Å². The Balaban J connectivity index is 1.97. The number of allylic oxidation sites excluding steroid dienone is 1. The molecule has 0 unspecified atom stereocenters. The van der Waals surface area contributed by atoms with E-state index in [1.807, 2.05) is 44.2 Å². The van der Waals surface area contributed by atoms with Crippen LogP contribution in [0.5, 0.6) is 0 Å². The largest absolute Gasteiger partial charge is 0.493 e. The zero-order chi connectivity index (χ0) is 12.3. The number of benzene rings is 1. The van der Waals surface area contributed by atoms with Gasteiger partial charge in [0.25, 0.3) is 0 Å². The summed E-state index contributed by atoms with van der Waals surface area (Å²) in [5, 5.41) is 0. The SMILES string of the molecule is CC1(C)CC(=O)C(NNc2ccccc2)=CO1. The minimum atomic E-state index is -0.408. The molecule has 2 rings (SSSR count). The number of anilines is 1. The molecule has 1 aliphatic heterocycles. The van der Waals surface area contributed by atoms with Crippen LogP contribution in [0.15, 0.2) is 42.3 Å². The quantitative estimate of drug-likeness (QED) is 0.784. The van der Waals surface area contributed by atoms with Gasteiger partial charge in [-0.3, -0.25) is 10.2 Å². The van der Waals surface area contributed by atoms with Crippen molar-refractivity contribution in [3.05, 3.63) is 42.3 Å². The highest BCUT2D eigenvalue weighted by Gasteiger charge is 2.29. The summed E-state index contributed by atoms with van der Waals surface area (Å²) in [4.78, 5) is 11.8. The standard InChI is InChI=1S/C13H16N2O2/c1-13(2)8-12(16)11(9-17-13)15-14-10-6-4-3-5-7-10/h3-7,9,14-15H,8H2,1-2H3. The zero-order valence-electron chi connectivity index (χ0n) is 9.99. The highest BCUT2D eigenvalue weighted by molar-refractivity contribution is 5.96. The summed E-state index contributed by atoms with van der Waals surface area (Å²) < 4.78 is 5.45. The van der Waals surface area contributed by atoms with Crippen LogP contribution in [0.4, 0.5) is 5.69 Å². The summed E-state index contributed by atoms with van der Waals surface area (Å²) >= 11 is 0.